The molecular weight excluding hydrogens is 214 g/mol. The Morgan fingerprint density at radius 3 is 2.82 bits per heavy atom. The van der Waals surface area contributed by atoms with Crippen LogP contribution in [0.15, 0.2) is 0 Å². The van der Waals surface area contributed by atoms with Crippen molar-refractivity contribution in [3.8, 4) is 0 Å². The van der Waals surface area contributed by atoms with Gasteiger partial charge in [-0.3, -0.25) is 9.69 Å². The molecule has 0 bridgehead atoms. The number of hydrogen-bond acceptors (Lipinski definition) is 3. The molecule has 2 N–H and O–H groups in total. The molecule has 1 heterocycles. The molecule has 0 aromatic carbocycles. The molecule has 2 atom stereocenters. The summed E-state index contributed by atoms with van der Waals surface area (Å²) >= 11 is 0. The summed E-state index contributed by atoms with van der Waals surface area (Å²) in [5, 5.41) is 0. The van der Waals surface area contributed by atoms with E-state index in [1.54, 1.807) is 0 Å². The Balaban J connectivity index is 2.37. The third kappa shape index (κ3) is 4.28. The van der Waals surface area contributed by atoms with Gasteiger partial charge in [-0.05, 0) is 32.4 Å². The average molecular weight is 241 g/mol. The van der Waals surface area contributed by atoms with Gasteiger partial charge in [0, 0.05) is 32.1 Å². The molecule has 1 rings (SSSR count). The van der Waals surface area contributed by atoms with Gasteiger partial charge in [-0.15, -0.1) is 0 Å². The van der Waals surface area contributed by atoms with Crippen molar-refractivity contribution in [2.75, 3.05) is 26.7 Å². The molecule has 1 fully saturated rings. The highest BCUT2D eigenvalue weighted by molar-refractivity contribution is 5.76. The maximum Gasteiger partial charge on any atom is 0.223 e. The largest absolute Gasteiger partial charge is 0.344 e. The second-order valence-electron chi connectivity index (χ2n) is 5.07. The van der Waals surface area contributed by atoms with Crippen LogP contribution in [0.5, 0.6) is 0 Å². The Kier molecular flexibility index (Phi) is 5.92. The lowest BCUT2D eigenvalue weighted by atomic mass is 10.1. The first kappa shape index (κ1) is 14.5. The normalized spacial score (nSPS) is 22.7. The van der Waals surface area contributed by atoms with Gasteiger partial charge in [0.1, 0.15) is 0 Å². The summed E-state index contributed by atoms with van der Waals surface area (Å²) in [7, 11) is 1.90. The lowest BCUT2D eigenvalue weighted by Crippen LogP contribution is -2.42. The average Bonchev–Trinajstić information content (AvgIpc) is 2.75. The highest BCUT2D eigenvalue weighted by Crippen LogP contribution is 2.17. The second-order valence-corrected chi connectivity index (χ2v) is 5.07. The quantitative estimate of drug-likeness (QED) is 0.756. The summed E-state index contributed by atoms with van der Waals surface area (Å²) in [5.74, 6) is 0.183. The molecule has 0 spiro atoms. The van der Waals surface area contributed by atoms with Crippen molar-refractivity contribution in [2.24, 2.45) is 5.73 Å². The van der Waals surface area contributed by atoms with Gasteiger partial charge in [0.2, 0.25) is 5.91 Å². The van der Waals surface area contributed by atoms with E-state index in [4.69, 9.17) is 5.73 Å². The van der Waals surface area contributed by atoms with E-state index in [1.807, 2.05) is 18.9 Å². The SMILES string of the molecule is CCC(N)CC(=O)N(C)CC1CCCN1CC. The molecule has 100 valence electrons. The first-order valence-electron chi connectivity index (χ1n) is 6.82. The molecule has 0 saturated carbocycles. The Morgan fingerprint density at radius 1 is 1.53 bits per heavy atom. The zero-order valence-electron chi connectivity index (χ0n) is 11.5. The number of nitrogens with zero attached hydrogens (tertiary/aromatic N) is 2. The van der Waals surface area contributed by atoms with Crippen molar-refractivity contribution in [2.45, 2.75) is 51.6 Å². The molecule has 4 nitrogen and oxygen atoms in total. The molecule has 2 unspecified atom stereocenters. The van der Waals surface area contributed by atoms with Crippen LogP contribution in [0.1, 0.15) is 39.5 Å². The maximum atomic E-state index is 11.9. The number of carbonyl (C=O) groups is 1. The number of nitrogens with two attached hydrogens (primary N) is 1. The molecule has 17 heavy (non-hydrogen) atoms. The fraction of sp³-hybridized carbons (Fsp3) is 0.923. The van der Waals surface area contributed by atoms with Crippen molar-refractivity contribution >= 4 is 5.91 Å². The third-order valence-corrected chi connectivity index (χ3v) is 3.78. The Morgan fingerprint density at radius 2 is 2.24 bits per heavy atom. The van der Waals surface area contributed by atoms with Gasteiger partial charge in [-0.25, -0.2) is 0 Å². The summed E-state index contributed by atoms with van der Waals surface area (Å²) in [6.45, 7) is 7.32. The molecular formula is C13H27N3O. The van der Waals surface area contributed by atoms with E-state index >= 15 is 0 Å². The van der Waals surface area contributed by atoms with Gasteiger partial charge in [0.05, 0.1) is 0 Å². The summed E-state index contributed by atoms with van der Waals surface area (Å²) in [6, 6.07) is 0.558. The van der Waals surface area contributed by atoms with Crippen LogP contribution in [-0.2, 0) is 4.79 Å². The summed E-state index contributed by atoms with van der Waals surface area (Å²) in [5.41, 5.74) is 5.82. The number of rotatable bonds is 6. The summed E-state index contributed by atoms with van der Waals surface area (Å²) in [6.07, 6.45) is 3.82. The van der Waals surface area contributed by atoms with Gasteiger partial charge < -0.3 is 10.6 Å². The zero-order chi connectivity index (χ0) is 12.8. The lowest BCUT2D eigenvalue weighted by Gasteiger charge is -2.28. The smallest absolute Gasteiger partial charge is 0.223 e. The number of carbonyl (C=O) groups excluding carboxylic acids is 1. The van der Waals surface area contributed by atoms with Crippen LogP contribution in [0.4, 0.5) is 0 Å². The molecule has 1 saturated heterocycles. The van der Waals surface area contributed by atoms with Crippen LogP contribution in [0.3, 0.4) is 0 Å². The molecule has 0 aromatic rings. The maximum absolute atomic E-state index is 11.9. The highest BCUT2D eigenvalue weighted by Gasteiger charge is 2.25. The van der Waals surface area contributed by atoms with Gasteiger partial charge >= 0.3 is 0 Å². The molecule has 4 heteroatoms. The number of likely N-dealkylation sites (tertiary alicyclic amines) is 1. The molecule has 0 radical (unpaired) electrons. The molecule has 1 aliphatic rings. The Bertz CT molecular complexity index is 245. The van der Waals surface area contributed by atoms with E-state index in [0.29, 0.717) is 12.5 Å². The van der Waals surface area contributed by atoms with Crippen LogP contribution in [0, 0.1) is 0 Å². The Labute approximate surface area is 105 Å². The van der Waals surface area contributed by atoms with Gasteiger partial charge in [0.15, 0.2) is 0 Å². The van der Waals surface area contributed by atoms with Gasteiger partial charge in [-0.1, -0.05) is 13.8 Å². The van der Waals surface area contributed by atoms with Gasteiger partial charge in [-0.2, -0.15) is 0 Å². The van der Waals surface area contributed by atoms with E-state index in [-0.39, 0.29) is 11.9 Å². The van der Waals surface area contributed by atoms with E-state index < -0.39 is 0 Å². The predicted octanol–water partition coefficient (Wildman–Crippen LogP) is 1.06. The van der Waals surface area contributed by atoms with Crippen molar-refractivity contribution in [3.63, 3.8) is 0 Å². The van der Waals surface area contributed by atoms with Crippen LogP contribution in [-0.4, -0.2) is 54.5 Å². The zero-order valence-corrected chi connectivity index (χ0v) is 11.5. The lowest BCUT2D eigenvalue weighted by molar-refractivity contribution is -0.130. The monoisotopic (exact) mass is 241 g/mol. The van der Waals surface area contributed by atoms with E-state index in [1.165, 1.54) is 19.4 Å². The molecule has 0 aliphatic carbocycles. The van der Waals surface area contributed by atoms with Crippen molar-refractivity contribution < 1.29 is 4.79 Å². The predicted molar refractivity (Wildman–Crippen MR) is 70.8 cm³/mol. The van der Waals surface area contributed by atoms with E-state index in [9.17, 15) is 4.79 Å². The minimum Gasteiger partial charge on any atom is -0.344 e. The van der Waals surface area contributed by atoms with E-state index in [0.717, 1.165) is 19.5 Å². The van der Waals surface area contributed by atoms with Gasteiger partial charge in [0.25, 0.3) is 0 Å². The van der Waals surface area contributed by atoms with Crippen LogP contribution >= 0.6 is 0 Å². The topological polar surface area (TPSA) is 49.6 Å². The summed E-state index contributed by atoms with van der Waals surface area (Å²) < 4.78 is 0. The number of hydrogen-bond donors (Lipinski definition) is 1. The van der Waals surface area contributed by atoms with Crippen molar-refractivity contribution in [3.05, 3.63) is 0 Å². The minimum atomic E-state index is 0.0100. The van der Waals surface area contributed by atoms with Crippen LogP contribution < -0.4 is 5.73 Å². The fourth-order valence-electron chi connectivity index (χ4n) is 2.46. The number of likely N-dealkylation sites (N-methyl/N-ethyl adjacent to an activating group) is 2. The first-order valence-corrected chi connectivity index (χ1v) is 6.82. The third-order valence-electron chi connectivity index (χ3n) is 3.78. The number of amides is 1. The minimum absolute atomic E-state index is 0.0100. The fourth-order valence-corrected chi connectivity index (χ4v) is 2.46. The van der Waals surface area contributed by atoms with Crippen molar-refractivity contribution in [1.29, 1.82) is 0 Å². The standard InChI is InChI=1S/C13H27N3O/c1-4-11(14)9-13(17)15(3)10-12-7-6-8-16(12)5-2/h11-12H,4-10,14H2,1-3H3. The van der Waals surface area contributed by atoms with Crippen LogP contribution in [0.2, 0.25) is 0 Å². The molecule has 1 aliphatic heterocycles. The molecule has 1 amide bonds. The first-order chi connectivity index (χ1) is 8.08. The Hall–Kier alpha value is -0.610. The van der Waals surface area contributed by atoms with Crippen LogP contribution in [0.25, 0.3) is 0 Å². The molecule has 0 aromatic heterocycles. The van der Waals surface area contributed by atoms with Crippen molar-refractivity contribution in [1.82, 2.24) is 9.80 Å². The van der Waals surface area contributed by atoms with E-state index in [2.05, 4.69) is 11.8 Å². The summed E-state index contributed by atoms with van der Waals surface area (Å²) in [4.78, 5) is 16.2. The second kappa shape index (κ2) is 6.97. The highest BCUT2D eigenvalue weighted by atomic mass is 16.2.